The molecule has 2 N–H and O–H groups in total. The van der Waals surface area contributed by atoms with Crippen molar-refractivity contribution in [3.8, 4) is 0 Å². The van der Waals surface area contributed by atoms with Crippen molar-refractivity contribution >= 4 is 17.8 Å². The molecule has 2 amide bonds. The Balaban J connectivity index is 0. The van der Waals surface area contributed by atoms with E-state index in [1.165, 1.54) is 18.7 Å². The van der Waals surface area contributed by atoms with Crippen molar-refractivity contribution in [3.63, 3.8) is 0 Å². The molecule has 0 saturated heterocycles. The first-order valence-corrected chi connectivity index (χ1v) is 7.45. The lowest BCUT2D eigenvalue weighted by molar-refractivity contribution is -0.141. The third-order valence-electron chi connectivity index (χ3n) is 2.59. The minimum atomic E-state index is -1.02. The number of nitrogens with zero attached hydrogens (tertiary/aromatic N) is 1. The van der Waals surface area contributed by atoms with Crippen LogP contribution in [0, 0.1) is 0 Å². The average molecular weight is 324 g/mol. The zero-order valence-electron chi connectivity index (χ0n) is 14.8. The van der Waals surface area contributed by atoms with Crippen LogP contribution in [0.5, 0.6) is 0 Å². The Morgan fingerprint density at radius 3 is 1.83 bits per heavy atom. The maximum absolute atomic E-state index is 10.8. The summed E-state index contributed by atoms with van der Waals surface area (Å²) in [4.78, 5) is 33.2. The van der Waals surface area contributed by atoms with Gasteiger partial charge in [-0.3, -0.25) is 9.59 Å². The van der Waals surface area contributed by atoms with Crippen molar-refractivity contribution in [2.45, 2.75) is 40.2 Å². The van der Waals surface area contributed by atoms with E-state index in [9.17, 15) is 14.4 Å². The molecule has 0 spiro atoms. The SMILES string of the molecule is CC.CC(=O)N(C)C.CC(=O)NC(Cc1ccccc1)C(=O)O. The van der Waals surface area contributed by atoms with Gasteiger partial charge in [-0.05, 0) is 5.56 Å². The average Bonchev–Trinajstić information content (AvgIpc) is 2.49. The fourth-order valence-corrected chi connectivity index (χ4v) is 1.30. The van der Waals surface area contributed by atoms with Gasteiger partial charge in [0.1, 0.15) is 6.04 Å². The Kier molecular flexibility index (Phi) is 13.2. The van der Waals surface area contributed by atoms with Crippen LogP contribution in [-0.4, -0.2) is 47.9 Å². The molecule has 130 valence electrons. The summed E-state index contributed by atoms with van der Waals surface area (Å²) < 4.78 is 0. The van der Waals surface area contributed by atoms with Crippen molar-refractivity contribution in [2.75, 3.05) is 14.1 Å². The summed E-state index contributed by atoms with van der Waals surface area (Å²) in [5.41, 5.74) is 0.888. The van der Waals surface area contributed by atoms with E-state index in [0.29, 0.717) is 6.42 Å². The topological polar surface area (TPSA) is 86.7 Å². The standard InChI is InChI=1S/C11H13NO3.C4H9NO.C2H6/c1-8(13)12-10(11(14)15)7-9-5-3-2-4-6-9;1-4(6)5(2)3;1-2/h2-6,10H,7H2,1H3,(H,12,13)(H,14,15);1-3H3;1-2H3. The molecule has 0 aliphatic rings. The molecule has 0 heterocycles. The highest BCUT2D eigenvalue weighted by Gasteiger charge is 2.18. The Morgan fingerprint density at radius 2 is 1.52 bits per heavy atom. The summed E-state index contributed by atoms with van der Waals surface area (Å²) >= 11 is 0. The van der Waals surface area contributed by atoms with Crippen LogP contribution in [0.4, 0.5) is 0 Å². The number of amides is 2. The molecule has 0 aromatic heterocycles. The highest BCUT2D eigenvalue weighted by molar-refractivity contribution is 5.82. The molecule has 6 heteroatoms. The van der Waals surface area contributed by atoms with Gasteiger partial charge in [0.15, 0.2) is 0 Å². The van der Waals surface area contributed by atoms with E-state index < -0.39 is 12.0 Å². The van der Waals surface area contributed by atoms with Crippen molar-refractivity contribution < 1.29 is 19.5 Å². The lowest BCUT2D eigenvalue weighted by Crippen LogP contribution is -2.41. The third kappa shape index (κ3) is 13.0. The monoisotopic (exact) mass is 324 g/mol. The Morgan fingerprint density at radius 1 is 1.09 bits per heavy atom. The fourth-order valence-electron chi connectivity index (χ4n) is 1.30. The summed E-state index contributed by atoms with van der Waals surface area (Å²) in [6, 6.07) is 8.34. The summed E-state index contributed by atoms with van der Waals surface area (Å²) in [5, 5.41) is 11.3. The summed E-state index contributed by atoms with van der Waals surface area (Å²) in [6.45, 7) is 6.83. The van der Waals surface area contributed by atoms with Crippen molar-refractivity contribution in [1.82, 2.24) is 10.2 Å². The number of hydrogen-bond acceptors (Lipinski definition) is 3. The Labute approximate surface area is 138 Å². The van der Waals surface area contributed by atoms with Crippen LogP contribution in [0.25, 0.3) is 0 Å². The number of benzene rings is 1. The van der Waals surface area contributed by atoms with Crippen molar-refractivity contribution in [1.29, 1.82) is 0 Å². The molecule has 1 rings (SSSR count). The summed E-state index contributed by atoms with van der Waals surface area (Å²) in [5.74, 6) is -1.26. The van der Waals surface area contributed by atoms with E-state index in [1.54, 1.807) is 14.1 Å². The van der Waals surface area contributed by atoms with Crippen molar-refractivity contribution in [2.24, 2.45) is 0 Å². The largest absolute Gasteiger partial charge is 0.480 e. The second kappa shape index (κ2) is 13.3. The van der Waals surface area contributed by atoms with Crippen LogP contribution in [0.1, 0.15) is 33.3 Å². The van der Waals surface area contributed by atoms with Gasteiger partial charge in [-0.1, -0.05) is 44.2 Å². The third-order valence-corrected chi connectivity index (χ3v) is 2.59. The van der Waals surface area contributed by atoms with Crippen LogP contribution in [0.3, 0.4) is 0 Å². The number of carboxylic acid groups (broad SMARTS) is 1. The smallest absolute Gasteiger partial charge is 0.326 e. The number of hydrogen-bond donors (Lipinski definition) is 2. The first kappa shape index (κ1) is 22.9. The summed E-state index contributed by atoms with van der Waals surface area (Å²) in [7, 11) is 3.45. The fraction of sp³-hybridized carbons (Fsp3) is 0.471. The number of carbonyl (C=O) groups is 3. The van der Waals surface area contributed by atoms with Gasteiger partial charge in [-0.15, -0.1) is 0 Å². The van der Waals surface area contributed by atoms with Gasteiger partial charge >= 0.3 is 5.97 Å². The van der Waals surface area contributed by atoms with E-state index in [2.05, 4.69) is 5.32 Å². The van der Waals surface area contributed by atoms with Gasteiger partial charge in [-0.25, -0.2) is 4.79 Å². The molecule has 23 heavy (non-hydrogen) atoms. The van der Waals surface area contributed by atoms with Crippen LogP contribution in [-0.2, 0) is 20.8 Å². The number of carbonyl (C=O) groups excluding carboxylic acids is 2. The van der Waals surface area contributed by atoms with Crippen LogP contribution < -0.4 is 5.32 Å². The first-order chi connectivity index (χ1) is 10.7. The molecule has 0 saturated carbocycles. The minimum Gasteiger partial charge on any atom is -0.480 e. The zero-order valence-corrected chi connectivity index (χ0v) is 14.8. The molecule has 1 unspecified atom stereocenters. The molecule has 0 bridgehead atoms. The molecule has 0 radical (unpaired) electrons. The number of aliphatic carboxylic acids is 1. The normalized spacial score (nSPS) is 10.0. The Hall–Kier alpha value is -2.37. The molecule has 1 aromatic carbocycles. The highest BCUT2D eigenvalue weighted by Crippen LogP contribution is 2.03. The lowest BCUT2D eigenvalue weighted by Gasteiger charge is -2.12. The molecule has 1 aromatic rings. The second-order valence-corrected chi connectivity index (χ2v) is 4.69. The van der Waals surface area contributed by atoms with E-state index in [0.717, 1.165) is 5.56 Å². The minimum absolute atomic E-state index is 0.0926. The molecule has 0 aliphatic heterocycles. The van der Waals surface area contributed by atoms with Gasteiger partial charge in [0, 0.05) is 34.4 Å². The number of carboxylic acids is 1. The maximum Gasteiger partial charge on any atom is 0.326 e. The molecule has 6 nitrogen and oxygen atoms in total. The van der Waals surface area contributed by atoms with E-state index in [4.69, 9.17) is 5.11 Å². The van der Waals surface area contributed by atoms with Crippen LogP contribution >= 0.6 is 0 Å². The van der Waals surface area contributed by atoms with Gasteiger partial charge in [0.25, 0.3) is 0 Å². The van der Waals surface area contributed by atoms with Gasteiger partial charge in [0.2, 0.25) is 11.8 Å². The molecular formula is C17H28N2O4. The quantitative estimate of drug-likeness (QED) is 0.886. The molecule has 0 fully saturated rings. The molecule has 0 aliphatic carbocycles. The number of nitrogens with one attached hydrogen (secondary N) is 1. The highest BCUT2D eigenvalue weighted by atomic mass is 16.4. The first-order valence-electron chi connectivity index (χ1n) is 7.45. The van der Waals surface area contributed by atoms with Gasteiger partial charge in [-0.2, -0.15) is 0 Å². The predicted molar refractivity (Wildman–Crippen MR) is 91.1 cm³/mol. The maximum atomic E-state index is 10.8. The van der Waals surface area contributed by atoms with E-state index in [-0.39, 0.29) is 11.8 Å². The Bertz CT molecular complexity index is 473. The second-order valence-electron chi connectivity index (χ2n) is 4.69. The van der Waals surface area contributed by atoms with Crippen LogP contribution in [0.15, 0.2) is 30.3 Å². The lowest BCUT2D eigenvalue weighted by atomic mass is 10.1. The zero-order chi connectivity index (χ0) is 18.4. The van der Waals surface area contributed by atoms with Gasteiger partial charge < -0.3 is 15.3 Å². The summed E-state index contributed by atoms with van der Waals surface area (Å²) in [6.07, 6.45) is 0.301. The van der Waals surface area contributed by atoms with Crippen molar-refractivity contribution in [3.05, 3.63) is 35.9 Å². The molecule has 1 atom stereocenters. The number of rotatable bonds is 4. The van der Waals surface area contributed by atoms with E-state index >= 15 is 0 Å². The predicted octanol–water partition coefficient (Wildman–Crippen LogP) is 1.94. The van der Waals surface area contributed by atoms with E-state index in [1.807, 2.05) is 44.2 Å². The molecular weight excluding hydrogens is 296 g/mol. The van der Waals surface area contributed by atoms with Crippen LogP contribution in [0.2, 0.25) is 0 Å². The van der Waals surface area contributed by atoms with Gasteiger partial charge in [0.05, 0.1) is 0 Å².